The number of carboxylic acid groups (broad SMARTS) is 1. The summed E-state index contributed by atoms with van der Waals surface area (Å²) in [5.74, 6) is -0.858. The summed E-state index contributed by atoms with van der Waals surface area (Å²) in [5, 5.41) is 11.0. The van der Waals surface area contributed by atoms with E-state index in [-0.39, 0.29) is 23.8 Å². The van der Waals surface area contributed by atoms with Gasteiger partial charge in [0.25, 0.3) is 0 Å². The Balaban J connectivity index is 1.55. The van der Waals surface area contributed by atoms with Crippen LogP contribution in [0.2, 0.25) is 0 Å². The molecule has 1 saturated carbocycles. The zero-order chi connectivity index (χ0) is 27.5. The monoisotopic (exact) mass is 539 g/mol. The molecule has 0 amide bonds. The second kappa shape index (κ2) is 11.6. The smallest absolute Gasteiger partial charge is 0.213 e. The van der Waals surface area contributed by atoms with Gasteiger partial charge in [-0.3, -0.25) is 0 Å². The Labute approximate surface area is 226 Å². The van der Waals surface area contributed by atoms with Gasteiger partial charge in [0.1, 0.15) is 6.54 Å². The minimum atomic E-state index is -4.28. The molecule has 2 fully saturated rings. The molecule has 38 heavy (non-hydrogen) atoms. The molecule has 4 rings (SSSR count). The van der Waals surface area contributed by atoms with Gasteiger partial charge in [-0.05, 0) is 69.1 Å². The van der Waals surface area contributed by atoms with Crippen molar-refractivity contribution in [1.82, 2.24) is 4.90 Å². The summed E-state index contributed by atoms with van der Waals surface area (Å²) in [5.41, 5.74) is 3.21. The van der Waals surface area contributed by atoms with Crippen LogP contribution < -0.4 is 9.67 Å². The number of fused-ring (bicyclic) bond motifs is 2. The van der Waals surface area contributed by atoms with E-state index in [9.17, 15) is 22.9 Å². The summed E-state index contributed by atoms with van der Waals surface area (Å²) in [4.78, 5) is 13.0. The van der Waals surface area contributed by atoms with E-state index in [2.05, 4.69) is 72.9 Å². The van der Waals surface area contributed by atoms with Gasteiger partial charge >= 0.3 is 0 Å². The van der Waals surface area contributed by atoms with Crippen LogP contribution in [0.25, 0.3) is 17.0 Å². The molecule has 1 aromatic heterocycles. The third kappa shape index (κ3) is 5.96. The molecule has 0 bridgehead atoms. The number of likely N-dealkylation sites (tertiary alicyclic amines) is 1. The number of carbonyl (C=O) groups excluding carboxylic acids is 1. The van der Waals surface area contributed by atoms with Crippen LogP contribution >= 0.6 is 0 Å². The normalized spacial score (nSPS) is 24.4. The number of carbonyl (C=O) groups is 1. The van der Waals surface area contributed by atoms with Gasteiger partial charge in [-0.15, -0.1) is 0 Å². The van der Waals surface area contributed by atoms with E-state index in [1.807, 2.05) is 12.1 Å². The Morgan fingerprint density at radius 1 is 1.16 bits per heavy atom. The molecule has 1 saturated heterocycles. The molecule has 1 aliphatic carbocycles. The Morgan fingerprint density at radius 2 is 1.92 bits per heavy atom. The zero-order valence-corrected chi connectivity index (χ0v) is 23.5. The molecule has 7 nitrogen and oxygen atoms in total. The van der Waals surface area contributed by atoms with Crippen molar-refractivity contribution in [3.63, 3.8) is 0 Å². The van der Waals surface area contributed by atoms with Crippen molar-refractivity contribution in [2.24, 2.45) is 11.3 Å². The summed E-state index contributed by atoms with van der Waals surface area (Å²) in [6, 6.07) is 10.7. The van der Waals surface area contributed by atoms with E-state index in [4.69, 9.17) is 0 Å². The molecule has 0 spiro atoms. The summed E-state index contributed by atoms with van der Waals surface area (Å²) >= 11 is 0. The van der Waals surface area contributed by atoms with Gasteiger partial charge in [0.2, 0.25) is 5.52 Å². The summed E-state index contributed by atoms with van der Waals surface area (Å²) in [7, 11) is -4.28. The first-order valence-electron chi connectivity index (χ1n) is 13.7. The average Bonchev–Trinajstić information content (AvgIpc) is 3.09. The lowest BCUT2D eigenvalue weighted by Crippen LogP contribution is -2.41. The minimum Gasteiger partial charge on any atom is -0.748 e. The first-order chi connectivity index (χ1) is 18.0. The number of carboxylic acids is 1. The second-order valence-electron chi connectivity index (χ2n) is 11.2. The van der Waals surface area contributed by atoms with Crippen molar-refractivity contribution in [2.75, 3.05) is 6.54 Å². The molecular weight excluding hydrogens is 500 g/mol. The molecule has 0 radical (unpaired) electrons. The van der Waals surface area contributed by atoms with Crippen LogP contribution in [0.5, 0.6) is 0 Å². The van der Waals surface area contributed by atoms with Crippen molar-refractivity contribution in [3.05, 3.63) is 59.9 Å². The second-order valence-corrected chi connectivity index (χ2v) is 12.8. The lowest BCUT2D eigenvalue weighted by atomic mass is 9.71. The molecule has 2 aromatic rings. The number of aliphatic carboxylic acids is 1. The van der Waals surface area contributed by atoms with Crippen molar-refractivity contribution in [2.45, 2.75) is 83.6 Å². The van der Waals surface area contributed by atoms with Crippen LogP contribution in [-0.2, 0) is 21.5 Å². The van der Waals surface area contributed by atoms with Gasteiger partial charge in [0, 0.05) is 53.5 Å². The maximum absolute atomic E-state index is 11.8. The molecule has 2 aliphatic rings. The third-order valence-electron chi connectivity index (χ3n) is 8.58. The van der Waals surface area contributed by atoms with Crippen LogP contribution in [0, 0.1) is 11.3 Å². The molecular formula is C30H39N2O5S-. The topological polar surface area (TPSA) is 104 Å². The molecule has 0 N–H and O–H groups in total. The third-order valence-corrected chi connectivity index (χ3v) is 9.82. The van der Waals surface area contributed by atoms with E-state index < -0.39 is 21.3 Å². The van der Waals surface area contributed by atoms with Gasteiger partial charge in [-0.1, -0.05) is 38.1 Å². The Kier molecular flexibility index (Phi) is 8.62. The number of unbranched alkanes of at least 4 members (excludes halogenated alkanes) is 2. The van der Waals surface area contributed by atoms with Gasteiger partial charge in [0.15, 0.2) is 6.20 Å². The van der Waals surface area contributed by atoms with Crippen molar-refractivity contribution < 1.29 is 27.4 Å². The van der Waals surface area contributed by atoms with Crippen LogP contribution in [-0.4, -0.2) is 41.7 Å². The lowest BCUT2D eigenvalue weighted by molar-refractivity contribution is -0.671. The first-order valence-corrected chi connectivity index (χ1v) is 15.2. The zero-order valence-electron chi connectivity index (χ0n) is 22.6. The number of nitrogens with zero attached hydrogens (tertiary/aromatic N) is 2. The van der Waals surface area contributed by atoms with Crippen molar-refractivity contribution >= 4 is 33.1 Å². The van der Waals surface area contributed by atoms with E-state index in [0.29, 0.717) is 19.3 Å². The van der Waals surface area contributed by atoms with Gasteiger partial charge in [-0.2, -0.15) is 4.57 Å². The minimum absolute atomic E-state index is 0.108. The maximum atomic E-state index is 11.8. The predicted octanol–water partition coefficient (Wildman–Crippen LogP) is 3.78. The quantitative estimate of drug-likeness (QED) is 0.259. The highest BCUT2D eigenvalue weighted by atomic mass is 32.2. The Morgan fingerprint density at radius 3 is 2.63 bits per heavy atom. The number of para-hydroxylation sites is 1. The average molecular weight is 540 g/mol. The first kappa shape index (κ1) is 28.3. The number of aromatic nitrogens is 1. The predicted molar refractivity (Wildman–Crippen MR) is 146 cm³/mol. The van der Waals surface area contributed by atoms with Crippen LogP contribution in [0.4, 0.5) is 0 Å². The molecule has 1 aromatic carbocycles. The van der Waals surface area contributed by atoms with E-state index in [0.717, 1.165) is 48.8 Å². The summed E-state index contributed by atoms with van der Waals surface area (Å²) in [6.07, 6.45) is 12.5. The number of rotatable bonds is 10. The van der Waals surface area contributed by atoms with Crippen molar-refractivity contribution in [3.8, 4) is 0 Å². The number of hydrogen-bond donors (Lipinski definition) is 0. The summed E-state index contributed by atoms with van der Waals surface area (Å²) < 4.78 is 37.5. The number of allylic oxidation sites excluding steroid dienone is 3. The van der Waals surface area contributed by atoms with E-state index >= 15 is 0 Å². The molecule has 3 unspecified atom stereocenters. The highest BCUT2D eigenvalue weighted by Gasteiger charge is 2.52. The summed E-state index contributed by atoms with van der Waals surface area (Å²) in [6.45, 7) is 8.15. The molecule has 8 heteroatoms. The van der Waals surface area contributed by atoms with Crippen LogP contribution in [0.3, 0.4) is 0 Å². The fraction of sp³-hybridized carbons (Fsp3) is 0.533. The SMILES string of the molecule is CCN1/C(=C/C=C/c2cc[n+](CCCCCC(=O)[O-])c3ccccc23)C(C)(C)C2CC(S(=O)(=O)[O-])CCC21. The molecule has 1 aliphatic heterocycles. The standard InChI is InChI=1S/C30H40N2O5S/c1-4-32-27-17-16-23(38(35,36)37)21-25(27)30(2,3)28(32)14-10-11-22-18-20-31(19-9-5-6-15-29(33)34)26-13-8-7-12-24(22)26/h7-8,10-14,18,20,23,25,27H,4-6,9,15-17,19,21H2,1-3H3,(H-,33,34,35,36,37)/p-1. The van der Waals surface area contributed by atoms with Gasteiger partial charge < -0.3 is 19.4 Å². The van der Waals surface area contributed by atoms with Crippen LogP contribution in [0.1, 0.15) is 71.3 Å². The molecule has 2 heterocycles. The highest BCUT2D eigenvalue weighted by molar-refractivity contribution is 7.86. The molecule has 206 valence electrons. The lowest BCUT2D eigenvalue weighted by Gasteiger charge is -2.38. The van der Waals surface area contributed by atoms with Crippen LogP contribution in [0.15, 0.2) is 54.4 Å². The van der Waals surface area contributed by atoms with Crippen molar-refractivity contribution in [1.29, 1.82) is 0 Å². The maximum Gasteiger partial charge on any atom is 0.213 e. The molecule has 3 atom stereocenters. The van der Waals surface area contributed by atoms with Gasteiger partial charge in [0.05, 0.1) is 15.5 Å². The number of benzene rings is 1. The van der Waals surface area contributed by atoms with E-state index in [1.54, 1.807) is 0 Å². The Bertz CT molecular complexity index is 1330. The number of pyridine rings is 1. The van der Waals surface area contributed by atoms with Gasteiger partial charge in [-0.25, -0.2) is 8.42 Å². The number of hydrogen-bond acceptors (Lipinski definition) is 6. The fourth-order valence-electron chi connectivity index (χ4n) is 6.60. The van der Waals surface area contributed by atoms with E-state index in [1.165, 1.54) is 5.70 Å². The fourth-order valence-corrected chi connectivity index (χ4v) is 7.47. The highest BCUT2D eigenvalue weighted by Crippen LogP contribution is 2.53. The number of aryl methyl sites for hydroxylation is 1. The largest absolute Gasteiger partial charge is 0.748 e. The Hall–Kier alpha value is -2.71.